The molecule has 0 atom stereocenters. The Labute approximate surface area is 437 Å². The van der Waals surface area contributed by atoms with Gasteiger partial charge >= 0.3 is 11.9 Å². The number of halogens is 2. The maximum absolute atomic E-state index is 14.3. The molecular weight excluding hydrogens is 1000 g/mol. The second kappa shape index (κ2) is 24.8. The molecule has 4 aromatic heterocycles. The first-order chi connectivity index (χ1) is 37.3. The molecule has 0 spiro atoms. The van der Waals surface area contributed by atoms with Gasteiger partial charge in [0.05, 0.1) is 96.4 Å². The van der Waals surface area contributed by atoms with E-state index in [2.05, 4.69) is 50.5 Å². The molecule has 0 saturated heterocycles. The van der Waals surface area contributed by atoms with Crippen molar-refractivity contribution in [3.8, 4) is 45.0 Å². The molecule has 0 saturated carbocycles. The zero-order valence-electron chi connectivity index (χ0n) is 41.5. The smallest absolute Gasteiger partial charge is 0.340 e. The molecule has 8 aromatic rings. The second-order valence-electron chi connectivity index (χ2n) is 17.0. The van der Waals surface area contributed by atoms with Crippen LogP contribution in [0.25, 0.3) is 67.1 Å². The minimum atomic E-state index is -0.877. The van der Waals surface area contributed by atoms with Crippen LogP contribution in [0.15, 0.2) is 97.1 Å². The van der Waals surface area contributed by atoms with Crippen LogP contribution in [0.1, 0.15) is 75.0 Å². The van der Waals surface area contributed by atoms with Crippen molar-refractivity contribution in [2.75, 3.05) is 67.0 Å². The van der Waals surface area contributed by atoms with Crippen LogP contribution in [-0.4, -0.2) is 133 Å². The average molecular weight is 1050 g/mol. The zero-order chi connectivity index (χ0) is 54.6. The molecule has 0 radical (unpaired) electrons. The summed E-state index contributed by atoms with van der Waals surface area (Å²) in [5.41, 5.74) is 15.0. The van der Waals surface area contributed by atoms with Crippen molar-refractivity contribution in [2.24, 2.45) is 11.5 Å². The van der Waals surface area contributed by atoms with Crippen molar-refractivity contribution in [1.82, 2.24) is 41.0 Å². The Kier molecular flexibility index (Phi) is 17.4. The van der Waals surface area contributed by atoms with Gasteiger partial charge in [-0.1, -0.05) is 24.3 Å². The van der Waals surface area contributed by atoms with Crippen molar-refractivity contribution in [1.29, 1.82) is 0 Å². The molecule has 4 amide bonds. The van der Waals surface area contributed by atoms with Gasteiger partial charge in [-0.05, 0) is 85.6 Å². The molecule has 8 N–H and O–H groups in total. The van der Waals surface area contributed by atoms with Crippen LogP contribution in [0.2, 0.25) is 0 Å². The third-order valence-electron chi connectivity index (χ3n) is 12.0. The molecule has 0 fully saturated rings. The number of benzene rings is 4. The number of esters is 2. The summed E-state index contributed by atoms with van der Waals surface area (Å²) in [4.78, 5) is 84.9. The summed E-state index contributed by atoms with van der Waals surface area (Å²) in [5, 5.41) is 20.7. The van der Waals surface area contributed by atoms with Crippen molar-refractivity contribution in [2.45, 2.75) is 12.8 Å². The van der Waals surface area contributed by atoms with Crippen LogP contribution in [0.4, 0.5) is 8.78 Å². The molecule has 8 rings (SSSR count). The molecule has 4 heterocycles. The molecule has 0 bridgehead atoms. The van der Waals surface area contributed by atoms with E-state index in [1.54, 1.807) is 48.5 Å². The highest BCUT2D eigenvalue weighted by Gasteiger charge is 2.24. The van der Waals surface area contributed by atoms with Gasteiger partial charge in [0, 0.05) is 59.7 Å². The number of pyridine rings is 2. The van der Waals surface area contributed by atoms with Gasteiger partial charge in [-0.15, -0.1) is 0 Å². The third-order valence-corrected chi connectivity index (χ3v) is 12.0. The summed E-state index contributed by atoms with van der Waals surface area (Å²) < 4.78 is 54.9. The number of rotatable bonds is 24. The Morgan fingerprint density at radius 1 is 0.506 bits per heavy atom. The number of nitrogens with one attached hydrogen (secondary N) is 4. The van der Waals surface area contributed by atoms with Crippen molar-refractivity contribution < 1.29 is 61.2 Å². The van der Waals surface area contributed by atoms with Crippen molar-refractivity contribution >= 4 is 57.6 Å². The van der Waals surface area contributed by atoms with E-state index in [0.29, 0.717) is 121 Å². The van der Waals surface area contributed by atoms with Crippen LogP contribution in [-0.2, 0) is 23.7 Å². The van der Waals surface area contributed by atoms with E-state index in [0.717, 1.165) is 26.4 Å². The number of nitrogens with two attached hydrogens (primary N) is 2. The summed E-state index contributed by atoms with van der Waals surface area (Å²) >= 11 is 0. The summed E-state index contributed by atoms with van der Waals surface area (Å²) in [5.74, 6) is -5.54. The van der Waals surface area contributed by atoms with Gasteiger partial charge in [-0.25, -0.2) is 28.3 Å². The highest BCUT2D eigenvalue weighted by molar-refractivity contribution is 6.12. The lowest BCUT2D eigenvalue weighted by Crippen LogP contribution is -2.25. The normalized spacial score (nSPS) is 11.2. The van der Waals surface area contributed by atoms with Gasteiger partial charge in [0.2, 0.25) is 11.8 Å². The number of fused-ring (bicyclic) bond motifs is 2. The minimum absolute atomic E-state index is 0.0685. The lowest BCUT2D eigenvalue weighted by molar-refractivity contribution is 0.0139. The van der Waals surface area contributed by atoms with Crippen LogP contribution in [0.5, 0.6) is 0 Å². The van der Waals surface area contributed by atoms with E-state index in [-0.39, 0.29) is 56.8 Å². The van der Waals surface area contributed by atoms with E-state index < -0.39 is 35.4 Å². The number of hydrogen-bond acceptors (Lipinski definition) is 15. The molecule has 77 heavy (non-hydrogen) atoms. The van der Waals surface area contributed by atoms with Gasteiger partial charge in [-0.3, -0.25) is 29.4 Å². The van der Waals surface area contributed by atoms with Gasteiger partial charge in [0.1, 0.15) is 11.6 Å². The van der Waals surface area contributed by atoms with Crippen LogP contribution < -0.4 is 22.1 Å². The molecule has 396 valence electrons. The number of nitrogens with zero attached hydrogens (tertiary/aromatic N) is 4. The quantitative estimate of drug-likeness (QED) is 0.0302. The summed E-state index contributed by atoms with van der Waals surface area (Å²) in [6, 6.07) is 23.8. The fourth-order valence-corrected chi connectivity index (χ4v) is 8.18. The van der Waals surface area contributed by atoms with Crippen LogP contribution in [0.3, 0.4) is 0 Å². The van der Waals surface area contributed by atoms with Crippen LogP contribution in [0, 0.1) is 11.6 Å². The molecule has 0 aliphatic heterocycles. The Morgan fingerprint density at radius 2 is 0.909 bits per heavy atom. The molecule has 23 heteroatoms. The fraction of sp³-hybridized carbons (Fsp3) is 0.222. The number of H-pyrrole nitrogens is 2. The number of ether oxygens (including phenoxy) is 5. The topological polar surface area (TPSA) is 308 Å². The highest BCUT2D eigenvalue weighted by atomic mass is 19.1. The predicted octanol–water partition coefficient (Wildman–Crippen LogP) is 5.94. The SMILES string of the molecule is COC(=O)c1cc(-c2cc(C(N)=O)c3c(-c4cccc(C(=O)NCCCOCCOCCOCCCNC(=O)c5cccc(-c6[nH]nc7nc(-c8ccc(F)c(C(=O)OC)c8)cc(C(N)=O)c67)c5)c4)[nH]nc3n2)ccc1F. The summed E-state index contributed by atoms with van der Waals surface area (Å²) in [6.45, 7) is 2.77. The van der Waals surface area contributed by atoms with Gasteiger partial charge < -0.3 is 45.8 Å². The van der Waals surface area contributed by atoms with E-state index in [4.69, 9.17) is 25.7 Å². The van der Waals surface area contributed by atoms with E-state index in [9.17, 15) is 37.5 Å². The number of methoxy groups -OCH3 is 2. The van der Waals surface area contributed by atoms with Gasteiger partial charge in [-0.2, -0.15) is 10.2 Å². The standard InChI is InChI=1S/C54H50F2N10O11/c1-73-53(71)35-25-29(11-13-39(35)55)41-27-37(47(57)67)43-45(63-65-49(43)61-41)31-7-3-9-33(23-31)51(69)59-15-5-17-75-19-21-77-22-20-76-18-6-16-60-52(70)34-10-4-8-32(24-34)46-44-38(48(58)68)28-42(62-50(44)66-64-46)30-12-14-40(56)36(26-30)54(72)74-2/h3-4,7-14,23-28H,5-6,15-22H2,1-2H3,(H2,57,67)(H2,58,68)(H,59,69)(H,60,70)(H,61,63,65)(H,62,64,66). The van der Waals surface area contributed by atoms with E-state index in [1.807, 2.05) is 0 Å². The Bertz CT molecular complexity index is 3320. The first-order valence-electron chi connectivity index (χ1n) is 23.9. The number of aromatic amines is 2. The average Bonchev–Trinajstić information content (AvgIpc) is 4.12. The first-order valence-corrected chi connectivity index (χ1v) is 23.9. The monoisotopic (exact) mass is 1050 g/mol. The Morgan fingerprint density at radius 3 is 1.30 bits per heavy atom. The number of carbonyl (C=O) groups excluding carboxylic acids is 6. The van der Waals surface area contributed by atoms with Crippen molar-refractivity contribution in [3.63, 3.8) is 0 Å². The Hall–Kier alpha value is -9.32. The summed E-state index contributed by atoms with van der Waals surface area (Å²) in [6.07, 6.45) is 1.07. The third kappa shape index (κ3) is 12.6. The zero-order valence-corrected chi connectivity index (χ0v) is 41.5. The highest BCUT2D eigenvalue weighted by Crippen LogP contribution is 2.34. The predicted molar refractivity (Wildman–Crippen MR) is 276 cm³/mol. The molecule has 0 unspecified atom stereocenters. The number of hydrogen-bond donors (Lipinski definition) is 6. The molecule has 0 aliphatic rings. The largest absolute Gasteiger partial charge is 0.465 e. The second-order valence-corrected chi connectivity index (χ2v) is 17.0. The lowest BCUT2D eigenvalue weighted by atomic mass is 10.00. The first kappa shape index (κ1) is 54.0. The number of aromatic nitrogens is 6. The van der Waals surface area contributed by atoms with E-state index in [1.165, 1.54) is 36.4 Å². The lowest BCUT2D eigenvalue weighted by Gasteiger charge is -2.10. The van der Waals surface area contributed by atoms with E-state index >= 15 is 0 Å². The number of amides is 4. The molecule has 4 aromatic carbocycles. The maximum Gasteiger partial charge on any atom is 0.340 e. The Balaban J connectivity index is 0.718. The maximum atomic E-state index is 14.3. The number of carbonyl (C=O) groups is 6. The number of primary amides is 2. The molecular formula is C54H50F2N10O11. The molecule has 21 nitrogen and oxygen atoms in total. The van der Waals surface area contributed by atoms with Crippen LogP contribution >= 0.6 is 0 Å². The van der Waals surface area contributed by atoms with Gasteiger partial charge in [0.15, 0.2) is 11.3 Å². The fourth-order valence-electron chi connectivity index (χ4n) is 8.18. The molecule has 0 aliphatic carbocycles. The summed E-state index contributed by atoms with van der Waals surface area (Å²) in [7, 11) is 2.27. The van der Waals surface area contributed by atoms with Crippen molar-refractivity contribution in [3.05, 3.63) is 142 Å². The van der Waals surface area contributed by atoms with Gasteiger partial charge in [0.25, 0.3) is 11.8 Å². The minimum Gasteiger partial charge on any atom is -0.465 e.